The molecule has 1 aromatic carbocycles. The number of nitrogens with zero attached hydrogens (tertiary/aromatic N) is 2. The molecule has 0 aliphatic carbocycles. The average Bonchev–Trinajstić information content (AvgIpc) is 2.99. The van der Waals surface area contributed by atoms with Gasteiger partial charge in [-0.3, -0.25) is 14.5 Å². The van der Waals surface area contributed by atoms with E-state index in [-0.39, 0.29) is 29.2 Å². The van der Waals surface area contributed by atoms with Crippen molar-refractivity contribution in [3.63, 3.8) is 0 Å². The van der Waals surface area contributed by atoms with E-state index in [4.69, 9.17) is 0 Å². The number of imide groups is 1. The Morgan fingerprint density at radius 3 is 2.45 bits per heavy atom. The van der Waals surface area contributed by atoms with E-state index in [1.807, 2.05) is 18.2 Å². The highest BCUT2D eigenvalue weighted by Gasteiger charge is 2.63. The molecule has 116 valence electrons. The molecule has 0 bridgehead atoms. The van der Waals surface area contributed by atoms with Gasteiger partial charge in [-0.15, -0.1) is 0 Å². The predicted octanol–water partition coefficient (Wildman–Crippen LogP) is 0.860. The van der Waals surface area contributed by atoms with Crippen LogP contribution in [0.3, 0.4) is 0 Å². The smallest absolute Gasteiger partial charge is 0.235 e. The van der Waals surface area contributed by atoms with Crippen molar-refractivity contribution < 1.29 is 9.59 Å². The lowest BCUT2D eigenvalue weighted by Gasteiger charge is -2.45. The number of para-hydroxylation sites is 1. The summed E-state index contributed by atoms with van der Waals surface area (Å²) >= 11 is 0. The number of amides is 2. The van der Waals surface area contributed by atoms with Crippen molar-refractivity contribution in [3.05, 3.63) is 30.3 Å². The van der Waals surface area contributed by atoms with Crippen LogP contribution in [0.2, 0.25) is 0 Å². The number of rotatable bonds is 1. The van der Waals surface area contributed by atoms with Gasteiger partial charge < -0.3 is 10.2 Å². The first-order chi connectivity index (χ1) is 10.6. The molecule has 0 saturated carbocycles. The Labute approximate surface area is 130 Å². The summed E-state index contributed by atoms with van der Waals surface area (Å²) in [5.41, 5.74) is 0.913. The molecule has 3 heterocycles. The van der Waals surface area contributed by atoms with Crippen molar-refractivity contribution in [1.29, 1.82) is 0 Å². The predicted molar refractivity (Wildman–Crippen MR) is 83.4 cm³/mol. The lowest BCUT2D eigenvalue weighted by atomic mass is 9.74. The highest BCUT2D eigenvalue weighted by molar-refractivity contribution is 6.07. The van der Waals surface area contributed by atoms with E-state index >= 15 is 0 Å². The number of hydrogen-bond acceptors (Lipinski definition) is 4. The van der Waals surface area contributed by atoms with Crippen LogP contribution in [0.4, 0.5) is 5.69 Å². The monoisotopic (exact) mass is 299 g/mol. The van der Waals surface area contributed by atoms with Gasteiger partial charge in [0.25, 0.3) is 0 Å². The van der Waals surface area contributed by atoms with Gasteiger partial charge in [-0.2, -0.15) is 0 Å². The quantitative estimate of drug-likeness (QED) is 0.782. The molecule has 22 heavy (non-hydrogen) atoms. The maximum atomic E-state index is 12.7. The van der Waals surface area contributed by atoms with Crippen molar-refractivity contribution in [2.75, 3.05) is 31.6 Å². The van der Waals surface area contributed by atoms with Gasteiger partial charge in [-0.1, -0.05) is 18.2 Å². The molecule has 4 rings (SSSR count). The van der Waals surface area contributed by atoms with E-state index in [1.54, 1.807) is 7.05 Å². The minimum atomic E-state index is -0.214. The van der Waals surface area contributed by atoms with Crippen LogP contribution in [-0.2, 0) is 9.59 Å². The van der Waals surface area contributed by atoms with Crippen LogP contribution in [0.25, 0.3) is 0 Å². The molecule has 2 amide bonds. The third kappa shape index (κ3) is 1.69. The van der Waals surface area contributed by atoms with E-state index in [0.29, 0.717) is 6.54 Å². The number of fused-ring (bicyclic) bond motifs is 2. The minimum absolute atomic E-state index is 0.00802. The molecule has 0 aromatic heterocycles. The van der Waals surface area contributed by atoms with Crippen molar-refractivity contribution in [2.24, 2.45) is 11.8 Å². The van der Waals surface area contributed by atoms with Crippen LogP contribution in [0, 0.1) is 11.8 Å². The second kappa shape index (κ2) is 4.81. The molecule has 1 spiro atoms. The minimum Gasteiger partial charge on any atom is -0.364 e. The lowest BCUT2D eigenvalue weighted by molar-refractivity contribution is -0.139. The van der Waals surface area contributed by atoms with Crippen LogP contribution in [0.5, 0.6) is 0 Å². The molecule has 2 atom stereocenters. The molecule has 3 aliphatic heterocycles. The summed E-state index contributed by atoms with van der Waals surface area (Å²) in [5, 5.41) is 3.39. The Hall–Kier alpha value is -1.88. The van der Waals surface area contributed by atoms with Gasteiger partial charge in [-0.25, -0.2) is 0 Å². The van der Waals surface area contributed by atoms with Crippen molar-refractivity contribution in [2.45, 2.75) is 18.4 Å². The van der Waals surface area contributed by atoms with Gasteiger partial charge in [0.1, 0.15) is 0 Å². The van der Waals surface area contributed by atoms with Gasteiger partial charge in [0.15, 0.2) is 0 Å². The van der Waals surface area contributed by atoms with Gasteiger partial charge in [0.2, 0.25) is 11.8 Å². The first-order valence-electron chi connectivity index (χ1n) is 8.00. The fourth-order valence-electron chi connectivity index (χ4n) is 4.63. The summed E-state index contributed by atoms with van der Waals surface area (Å²) < 4.78 is 0. The van der Waals surface area contributed by atoms with Gasteiger partial charge >= 0.3 is 0 Å². The van der Waals surface area contributed by atoms with E-state index in [9.17, 15) is 9.59 Å². The molecular formula is C17H21N3O2. The van der Waals surface area contributed by atoms with E-state index in [2.05, 4.69) is 22.3 Å². The van der Waals surface area contributed by atoms with E-state index < -0.39 is 0 Å². The number of piperidine rings is 1. The molecule has 3 aliphatic rings. The van der Waals surface area contributed by atoms with Crippen molar-refractivity contribution >= 4 is 17.5 Å². The Balaban J connectivity index is 1.80. The van der Waals surface area contributed by atoms with Gasteiger partial charge in [0, 0.05) is 19.3 Å². The largest absolute Gasteiger partial charge is 0.364 e. The highest BCUT2D eigenvalue weighted by atomic mass is 16.2. The van der Waals surface area contributed by atoms with Crippen molar-refractivity contribution in [3.8, 4) is 0 Å². The number of likely N-dealkylation sites (tertiary alicyclic amines) is 1. The summed E-state index contributed by atoms with van der Waals surface area (Å²) in [6.45, 7) is 2.46. The van der Waals surface area contributed by atoms with Gasteiger partial charge in [-0.05, 0) is 38.1 Å². The van der Waals surface area contributed by atoms with Crippen LogP contribution in [0.15, 0.2) is 30.3 Å². The molecule has 5 heteroatoms. The van der Waals surface area contributed by atoms with Crippen LogP contribution >= 0.6 is 0 Å². The number of carbonyl (C=O) groups is 2. The second-order valence-electron chi connectivity index (χ2n) is 6.62. The maximum Gasteiger partial charge on any atom is 0.235 e. The second-order valence-corrected chi connectivity index (χ2v) is 6.62. The molecule has 3 fully saturated rings. The SMILES string of the molecule is CN1C(=O)C2CN(c3ccccc3)C3(CCNCC3)C2C1=O. The molecule has 1 aromatic rings. The van der Waals surface area contributed by atoms with Crippen LogP contribution in [-0.4, -0.2) is 48.9 Å². The van der Waals surface area contributed by atoms with Crippen molar-refractivity contribution in [1.82, 2.24) is 10.2 Å². The Kier molecular flexibility index (Phi) is 3.01. The third-order valence-corrected chi connectivity index (χ3v) is 5.68. The number of anilines is 1. The van der Waals surface area contributed by atoms with Gasteiger partial charge in [0.05, 0.1) is 17.4 Å². The zero-order valence-electron chi connectivity index (χ0n) is 12.8. The Morgan fingerprint density at radius 1 is 1.09 bits per heavy atom. The number of nitrogens with one attached hydrogen (secondary N) is 1. The zero-order chi connectivity index (χ0) is 15.3. The number of carbonyl (C=O) groups excluding carboxylic acids is 2. The molecular weight excluding hydrogens is 278 g/mol. The Bertz CT molecular complexity index is 610. The maximum absolute atomic E-state index is 12.7. The topological polar surface area (TPSA) is 52.7 Å². The summed E-state index contributed by atoms with van der Waals surface area (Å²) in [4.78, 5) is 28.9. The summed E-state index contributed by atoms with van der Waals surface area (Å²) in [6, 6.07) is 10.2. The lowest BCUT2D eigenvalue weighted by Crippen LogP contribution is -2.57. The molecule has 0 radical (unpaired) electrons. The van der Waals surface area contributed by atoms with E-state index in [0.717, 1.165) is 31.6 Å². The van der Waals surface area contributed by atoms with Crippen LogP contribution < -0.4 is 10.2 Å². The molecule has 1 N–H and O–H groups in total. The summed E-state index contributed by atoms with van der Waals surface area (Å²) in [7, 11) is 1.63. The number of hydrogen-bond donors (Lipinski definition) is 1. The first kappa shape index (κ1) is 13.8. The molecule has 5 nitrogen and oxygen atoms in total. The summed E-state index contributed by atoms with van der Waals surface area (Å²) in [6.07, 6.45) is 1.83. The first-order valence-corrected chi connectivity index (χ1v) is 8.00. The number of benzene rings is 1. The molecule has 3 saturated heterocycles. The van der Waals surface area contributed by atoms with Crippen LogP contribution in [0.1, 0.15) is 12.8 Å². The average molecular weight is 299 g/mol. The highest BCUT2D eigenvalue weighted by Crippen LogP contribution is 2.50. The molecule has 2 unspecified atom stereocenters. The third-order valence-electron chi connectivity index (χ3n) is 5.68. The fourth-order valence-corrected chi connectivity index (χ4v) is 4.63. The standard InChI is InChI=1S/C17H21N3O2/c1-19-15(21)13-11-20(12-5-3-2-4-6-12)17(14(13)16(19)22)7-9-18-10-8-17/h2-6,13-14,18H,7-11H2,1H3. The zero-order valence-corrected chi connectivity index (χ0v) is 12.8. The summed E-state index contributed by atoms with van der Waals surface area (Å²) in [5.74, 6) is -0.371. The normalized spacial score (nSPS) is 30.2. The fraction of sp³-hybridized carbons (Fsp3) is 0.529. The van der Waals surface area contributed by atoms with E-state index in [1.165, 1.54) is 4.90 Å². The Morgan fingerprint density at radius 2 is 1.77 bits per heavy atom.